The summed E-state index contributed by atoms with van der Waals surface area (Å²) in [6.45, 7) is 4.10. The van der Waals surface area contributed by atoms with Crippen LogP contribution in [0.25, 0.3) is 0 Å². The minimum atomic E-state index is -0.118. The molecular formula is C13H17N3OS. The monoisotopic (exact) mass is 263 g/mol. The Hall–Kier alpha value is -1.46. The van der Waals surface area contributed by atoms with E-state index in [9.17, 15) is 0 Å². The predicted molar refractivity (Wildman–Crippen MR) is 73.0 cm³/mol. The maximum absolute atomic E-state index is 6.22. The summed E-state index contributed by atoms with van der Waals surface area (Å²) in [7, 11) is 1.63. The highest BCUT2D eigenvalue weighted by Crippen LogP contribution is 2.26. The van der Waals surface area contributed by atoms with Gasteiger partial charge in [0.1, 0.15) is 5.75 Å². The van der Waals surface area contributed by atoms with Gasteiger partial charge in [-0.1, -0.05) is 0 Å². The fraction of sp³-hybridized carbons (Fsp3) is 0.385. The minimum Gasteiger partial charge on any atom is -0.495 e. The van der Waals surface area contributed by atoms with Crippen LogP contribution in [0.2, 0.25) is 0 Å². The maximum Gasteiger partial charge on any atom is 0.141 e. The largest absolute Gasteiger partial charge is 0.495 e. The van der Waals surface area contributed by atoms with E-state index in [1.807, 2.05) is 13.0 Å². The van der Waals surface area contributed by atoms with Crippen LogP contribution in [0.15, 0.2) is 18.5 Å². The second-order valence-electron chi connectivity index (χ2n) is 4.18. The zero-order valence-electron chi connectivity index (χ0n) is 10.8. The molecule has 0 fully saturated rings. The zero-order chi connectivity index (χ0) is 13.1. The fourth-order valence-electron chi connectivity index (χ4n) is 1.79. The van der Waals surface area contributed by atoms with Crippen LogP contribution >= 0.6 is 11.3 Å². The summed E-state index contributed by atoms with van der Waals surface area (Å²) in [5.74, 6) is 0.731. The first kappa shape index (κ1) is 13.0. The molecule has 18 heavy (non-hydrogen) atoms. The van der Waals surface area contributed by atoms with Crippen LogP contribution in [0.5, 0.6) is 5.75 Å². The van der Waals surface area contributed by atoms with Crippen LogP contribution in [-0.2, 0) is 6.42 Å². The molecule has 0 spiro atoms. The van der Waals surface area contributed by atoms with Gasteiger partial charge in [-0.15, -0.1) is 11.3 Å². The molecule has 2 rings (SSSR count). The lowest BCUT2D eigenvalue weighted by molar-refractivity contribution is 0.403. The van der Waals surface area contributed by atoms with Crippen molar-refractivity contribution in [1.29, 1.82) is 0 Å². The van der Waals surface area contributed by atoms with E-state index < -0.39 is 0 Å². The standard InChI is InChI=1S/C13H17N3OS/c1-8-9(2)18-13(16-8)6-11(14)10-4-5-15-7-12(10)17-3/h4-5,7,11H,6,14H2,1-3H3. The number of rotatable bonds is 4. The summed E-state index contributed by atoms with van der Waals surface area (Å²) in [5.41, 5.74) is 8.28. The van der Waals surface area contributed by atoms with Crippen LogP contribution in [0.4, 0.5) is 0 Å². The summed E-state index contributed by atoms with van der Waals surface area (Å²) >= 11 is 1.70. The summed E-state index contributed by atoms with van der Waals surface area (Å²) < 4.78 is 5.27. The molecule has 2 heterocycles. The van der Waals surface area contributed by atoms with E-state index in [1.54, 1.807) is 30.8 Å². The van der Waals surface area contributed by atoms with Gasteiger partial charge < -0.3 is 10.5 Å². The lowest BCUT2D eigenvalue weighted by atomic mass is 10.1. The number of aryl methyl sites for hydroxylation is 2. The zero-order valence-corrected chi connectivity index (χ0v) is 11.6. The van der Waals surface area contributed by atoms with Crippen molar-refractivity contribution in [2.75, 3.05) is 7.11 Å². The number of thiazole rings is 1. The first-order valence-electron chi connectivity index (χ1n) is 5.78. The van der Waals surface area contributed by atoms with Crippen LogP contribution in [-0.4, -0.2) is 17.1 Å². The normalized spacial score (nSPS) is 12.4. The van der Waals surface area contributed by atoms with Crippen molar-refractivity contribution in [2.45, 2.75) is 26.3 Å². The van der Waals surface area contributed by atoms with E-state index >= 15 is 0 Å². The molecule has 0 saturated carbocycles. The number of nitrogens with two attached hydrogens (primary N) is 1. The number of hydrogen-bond donors (Lipinski definition) is 1. The summed E-state index contributed by atoms with van der Waals surface area (Å²) in [4.78, 5) is 9.79. The molecule has 0 bridgehead atoms. The van der Waals surface area contributed by atoms with Gasteiger partial charge in [0, 0.05) is 29.1 Å². The maximum atomic E-state index is 6.22. The smallest absolute Gasteiger partial charge is 0.141 e. The average Bonchev–Trinajstić information content (AvgIpc) is 2.68. The molecule has 96 valence electrons. The fourth-order valence-corrected chi connectivity index (χ4v) is 2.78. The molecule has 2 aromatic rings. The van der Waals surface area contributed by atoms with Crippen LogP contribution in [0.3, 0.4) is 0 Å². The summed E-state index contributed by atoms with van der Waals surface area (Å²) in [6, 6.07) is 1.78. The van der Waals surface area contributed by atoms with Crippen LogP contribution < -0.4 is 10.5 Å². The molecule has 2 N–H and O–H groups in total. The van der Waals surface area contributed by atoms with Crippen molar-refractivity contribution in [3.63, 3.8) is 0 Å². The highest BCUT2D eigenvalue weighted by molar-refractivity contribution is 7.11. The molecule has 0 aliphatic carbocycles. The molecular weight excluding hydrogens is 246 g/mol. The highest BCUT2D eigenvalue weighted by Gasteiger charge is 2.15. The first-order chi connectivity index (χ1) is 8.61. The third-order valence-electron chi connectivity index (χ3n) is 2.90. The molecule has 0 aliphatic rings. The molecule has 1 atom stereocenters. The number of pyridine rings is 1. The van der Waals surface area contributed by atoms with E-state index in [2.05, 4.69) is 16.9 Å². The Morgan fingerprint density at radius 3 is 2.83 bits per heavy atom. The van der Waals surface area contributed by atoms with Crippen molar-refractivity contribution in [1.82, 2.24) is 9.97 Å². The summed E-state index contributed by atoms with van der Waals surface area (Å²) in [6.07, 6.45) is 4.14. The molecule has 0 saturated heterocycles. The number of aromatic nitrogens is 2. The molecule has 0 aromatic carbocycles. The minimum absolute atomic E-state index is 0.118. The highest BCUT2D eigenvalue weighted by atomic mass is 32.1. The van der Waals surface area contributed by atoms with Crippen LogP contribution in [0, 0.1) is 13.8 Å². The second kappa shape index (κ2) is 5.46. The van der Waals surface area contributed by atoms with Gasteiger partial charge in [0.15, 0.2) is 0 Å². The van der Waals surface area contributed by atoms with Gasteiger partial charge in [-0.3, -0.25) is 4.98 Å². The Labute approximate surface area is 111 Å². The Kier molecular flexibility index (Phi) is 3.93. The van der Waals surface area contributed by atoms with Gasteiger partial charge in [0.05, 0.1) is 24.0 Å². The Balaban J connectivity index is 2.18. The number of ether oxygens (including phenoxy) is 1. The quantitative estimate of drug-likeness (QED) is 0.920. The van der Waals surface area contributed by atoms with Gasteiger partial charge in [0.2, 0.25) is 0 Å². The van der Waals surface area contributed by atoms with Crippen molar-refractivity contribution < 1.29 is 4.74 Å². The van der Waals surface area contributed by atoms with Crippen LogP contribution in [0.1, 0.15) is 27.2 Å². The van der Waals surface area contributed by atoms with Gasteiger partial charge in [-0.05, 0) is 19.9 Å². The van der Waals surface area contributed by atoms with Gasteiger partial charge >= 0.3 is 0 Å². The van der Waals surface area contributed by atoms with E-state index in [1.165, 1.54) is 4.88 Å². The second-order valence-corrected chi connectivity index (χ2v) is 5.47. The van der Waals surface area contributed by atoms with Gasteiger partial charge in [-0.2, -0.15) is 0 Å². The Morgan fingerprint density at radius 1 is 1.44 bits per heavy atom. The molecule has 2 aromatic heterocycles. The topological polar surface area (TPSA) is 61.0 Å². The predicted octanol–water partition coefficient (Wildman–Crippen LogP) is 2.41. The van der Waals surface area contributed by atoms with Crippen molar-refractivity contribution in [2.24, 2.45) is 5.73 Å². The van der Waals surface area contributed by atoms with E-state index in [-0.39, 0.29) is 6.04 Å². The van der Waals surface area contributed by atoms with E-state index in [0.29, 0.717) is 0 Å². The lowest BCUT2D eigenvalue weighted by Crippen LogP contribution is -2.14. The lowest BCUT2D eigenvalue weighted by Gasteiger charge is -2.13. The van der Waals surface area contributed by atoms with Crippen molar-refractivity contribution in [3.05, 3.63) is 39.6 Å². The molecule has 0 amide bonds. The molecule has 0 radical (unpaired) electrons. The molecule has 5 heteroatoms. The van der Waals surface area contributed by atoms with Crippen molar-refractivity contribution in [3.8, 4) is 5.75 Å². The molecule has 1 unspecified atom stereocenters. The number of methoxy groups -OCH3 is 1. The number of nitrogens with zero attached hydrogens (tertiary/aromatic N) is 2. The number of hydrogen-bond acceptors (Lipinski definition) is 5. The van der Waals surface area contributed by atoms with E-state index in [4.69, 9.17) is 10.5 Å². The van der Waals surface area contributed by atoms with Crippen molar-refractivity contribution >= 4 is 11.3 Å². The molecule has 0 aliphatic heterocycles. The third kappa shape index (κ3) is 2.68. The first-order valence-corrected chi connectivity index (χ1v) is 6.60. The van der Waals surface area contributed by atoms with E-state index in [0.717, 1.165) is 28.4 Å². The Morgan fingerprint density at radius 2 is 2.22 bits per heavy atom. The van der Waals surface area contributed by atoms with Gasteiger partial charge in [-0.25, -0.2) is 4.98 Å². The summed E-state index contributed by atoms with van der Waals surface area (Å²) in [5, 5.41) is 1.07. The third-order valence-corrected chi connectivity index (χ3v) is 4.00. The average molecular weight is 263 g/mol. The SMILES string of the molecule is COc1cnccc1C(N)Cc1nc(C)c(C)s1. The molecule has 4 nitrogen and oxygen atoms in total. The Bertz CT molecular complexity index is 519. The van der Waals surface area contributed by atoms with Gasteiger partial charge in [0.25, 0.3) is 0 Å².